The molecule has 0 saturated heterocycles. The fraction of sp³-hybridized carbons (Fsp3) is 0.0714. The van der Waals surface area contributed by atoms with Crippen molar-refractivity contribution in [2.45, 2.75) is 4.90 Å². The summed E-state index contributed by atoms with van der Waals surface area (Å²) in [7, 11) is 0. The molecule has 0 radical (unpaired) electrons. The minimum atomic E-state index is -0.481. The average molecular weight is 259 g/mol. The molecule has 2 aromatic rings. The number of thioether (sulfide) groups is 1. The van der Waals surface area contributed by atoms with E-state index < -0.39 is 5.82 Å². The predicted octanol–water partition coefficient (Wildman–Crippen LogP) is 4.21. The molecule has 0 aliphatic carbocycles. The number of ether oxygens (including phenoxy) is 1. The van der Waals surface area contributed by atoms with Crippen molar-refractivity contribution in [3.63, 3.8) is 0 Å². The Morgan fingerprint density at radius 3 is 2.72 bits per heavy atom. The van der Waals surface area contributed by atoms with Crippen molar-refractivity contribution in [3.05, 3.63) is 53.8 Å². The van der Waals surface area contributed by atoms with E-state index in [1.54, 1.807) is 11.8 Å². The second kappa shape index (κ2) is 5.56. The maximum absolute atomic E-state index is 13.3. The number of rotatable bonds is 3. The van der Waals surface area contributed by atoms with Gasteiger partial charge in [0.15, 0.2) is 0 Å². The first-order chi connectivity index (χ1) is 8.72. The van der Waals surface area contributed by atoms with Crippen molar-refractivity contribution >= 4 is 11.8 Å². The van der Waals surface area contributed by atoms with E-state index in [2.05, 4.69) is 0 Å². The van der Waals surface area contributed by atoms with Gasteiger partial charge in [-0.05, 0) is 30.5 Å². The second-order valence-corrected chi connectivity index (χ2v) is 4.39. The first kappa shape index (κ1) is 12.5. The third-order valence-electron chi connectivity index (χ3n) is 2.30. The molecule has 2 aromatic carbocycles. The molecule has 2 nitrogen and oxygen atoms in total. The Morgan fingerprint density at radius 2 is 2.00 bits per heavy atom. The van der Waals surface area contributed by atoms with Crippen LogP contribution in [0.2, 0.25) is 0 Å². The average Bonchev–Trinajstić information content (AvgIpc) is 2.38. The molecule has 0 heterocycles. The van der Waals surface area contributed by atoms with Gasteiger partial charge in [-0.1, -0.05) is 12.1 Å². The van der Waals surface area contributed by atoms with Crippen LogP contribution in [0.5, 0.6) is 11.5 Å². The van der Waals surface area contributed by atoms with Crippen LogP contribution in [0, 0.1) is 17.1 Å². The molecule has 0 aromatic heterocycles. The molecule has 18 heavy (non-hydrogen) atoms. The van der Waals surface area contributed by atoms with E-state index in [4.69, 9.17) is 10.00 Å². The maximum atomic E-state index is 13.3. The Morgan fingerprint density at radius 1 is 1.22 bits per heavy atom. The monoisotopic (exact) mass is 259 g/mol. The quantitative estimate of drug-likeness (QED) is 0.774. The lowest BCUT2D eigenvalue weighted by molar-refractivity contribution is 0.465. The molecule has 0 N–H and O–H groups in total. The minimum Gasteiger partial charge on any atom is -0.456 e. The van der Waals surface area contributed by atoms with Gasteiger partial charge >= 0.3 is 0 Å². The number of benzene rings is 2. The standard InChI is InChI=1S/C14H10FNOS/c1-18-14-5-3-2-4-13(14)17-12-7-10(9-16)6-11(15)8-12/h2-8H,1H3. The molecule has 0 atom stereocenters. The minimum absolute atomic E-state index is 0.242. The SMILES string of the molecule is CSc1ccccc1Oc1cc(F)cc(C#N)c1. The molecule has 0 fully saturated rings. The first-order valence-electron chi connectivity index (χ1n) is 5.24. The first-order valence-corrected chi connectivity index (χ1v) is 6.47. The van der Waals surface area contributed by atoms with Crippen LogP contribution < -0.4 is 4.74 Å². The molecule has 2 rings (SSSR count). The molecular weight excluding hydrogens is 249 g/mol. The predicted molar refractivity (Wildman–Crippen MR) is 69.4 cm³/mol. The Kier molecular flexibility index (Phi) is 3.85. The molecule has 0 saturated carbocycles. The molecule has 0 aliphatic rings. The van der Waals surface area contributed by atoms with Crippen LogP contribution >= 0.6 is 11.8 Å². The lowest BCUT2D eigenvalue weighted by Crippen LogP contribution is -1.89. The summed E-state index contributed by atoms with van der Waals surface area (Å²) in [6.07, 6.45) is 1.94. The van der Waals surface area contributed by atoms with Crippen molar-refractivity contribution in [1.82, 2.24) is 0 Å². The summed E-state index contributed by atoms with van der Waals surface area (Å²) >= 11 is 1.55. The fourth-order valence-corrected chi connectivity index (χ4v) is 2.04. The number of hydrogen-bond acceptors (Lipinski definition) is 3. The van der Waals surface area contributed by atoms with Gasteiger partial charge in [-0.25, -0.2) is 4.39 Å². The van der Waals surface area contributed by atoms with E-state index in [0.717, 1.165) is 4.90 Å². The zero-order valence-corrected chi connectivity index (χ0v) is 10.5. The molecule has 0 spiro atoms. The van der Waals surface area contributed by atoms with Crippen LogP contribution in [0.3, 0.4) is 0 Å². The summed E-state index contributed by atoms with van der Waals surface area (Å²) in [6.45, 7) is 0. The topological polar surface area (TPSA) is 33.0 Å². The van der Waals surface area contributed by atoms with Crippen LogP contribution in [0.1, 0.15) is 5.56 Å². The van der Waals surface area contributed by atoms with Gasteiger partial charge in [0.25, 0.3) is 0 Å². The summed E-state index contributed by atoms with van der Waals surface area (Å²) in [5.74, 6) is 0.498. The third-order valence-corrected chi connectivity index (χ3v) is 3.07. The highest BCUT2D eigenvalue weighted by atomic mass is 32.2. The normalized spacial score (nSPS) is 9.83. The zero-order valence-electron chi connectivity index (χ0n) is 9.68. The van der Waals surface area contributed by atoms with E-state index in [0.29, 0.717) is 11.5 Å². The summed E-state index contributed by atoms with van der Waals surface area (Å²) in [4.78, 5) is 0.959. The number of halogens is 1. The molecule has 0 amide bonds. The van der Waals surface area contributed by atoms with Gasteiger partial charge in [-0.3, -0.25) is 0 Å². The third kappa shape index (κ3) is 2.82. The fourth-order valence-electron chi connectivity index (χ4n) is 1.52. The van der Waals surface area contributed by atoms with Crippen molar-refractivity contribution in [1.29, 1.82) is 5.26 Å². The van der Waals surface area contributed by atoms with Crippen molar-refractivity contribution < 1.29 is 9.13 Å². The number of nitrogens with zero attached hydrogens (tertiary/aromatic N) is 1. The number of para-hydroxylation sites is 1. The maximum Gasteiger partial charge on any atom is 0.140 e. The van der Waals surface area contributed by atoms with Crippen LogP contribution in [-0.2, 0) is 0 Å². The van der Waals surface area contributed by atoms with Gasteiger partial charge in [-0.2, -0.15) is 5.26 Å². The lowest BCUT2D eigenvalue weighted by Gasteiger charge is -2.09. The largest absolute Gasteiger partial charge is 0.456 e. The molecule has 0 unspecified atom stereocenters. The molecule has 0 aliphatic heterocycles. The highest BCUT2D eigenvalue weighted by Crippen LogP contribution is 2.31. The van der Waals surface area contributed by atoms with Crippen LogP contribution in [0.4, 0.5) is 4.39 Å². The summed E-state index contributed by atoms with van der Waals surface area (Å²) in [5, 5.41) is 8.78. The number of nitriles is 1. The van der Waals surface area contributed by atoms with Gasteiger partial charge < -0.3 is 4.74 Å². The van der Waals surface area contributed by atoms with Crippen LogP contribution in [-0.4, -0.2) is 6.26 Å². The van der Waals surface area contributed by atoms with E-state index in [-0.39, 0.29) is 5.56 Å². The summed E-state index contributed by atoms with van der Waals surface area (Å²) in [5.41, 5.74) is 0.242. The van der Waals surface area contributed by atoms with Crippen LogP contribution in [0.15, 0.2) is 47.4 Å². The highest BCUT2D eigenvalue weighted by Gasteiger charge is 2.06. The summed E-state index contributed by atoms with van der Waals surface area (Å²) < 4.78 is 18.9. The molecule has 4 heteroatoms. The second-order valence-electron chi connectivity index (χ2n) is 3.54. The van der Waals surface area contributed by atoms with Crippen molar-refractivity contribution in [2.75, 3.05) is 6.26 Å². The van der Waals surface area contributed by atoms with Gasteiger partial charge in [0.05, 0.1) is 11.6 Å². The van der Waals surface area contributed by atoms with Crippen molar-refractivity contribution in [3.8, 4) is 17.6 Å². The van der Waals surface area contributed by atoms with Gasteiger partial charge in [0.1, 0.15) is 17.3 Å². The zero-order chi connectivity index (χ0) is 13.0. The Bertz CT molecular complexity index is 607. The Balaban J connectivity index is 2.34. The summed E-state index contributed by atoms with van der Waals surface area (Å²) in [6, 6.07) is 13.3. The Hall–Kier alpha value is -1.99. The molecule has 90 valence electrons. The van der Waals surface area contributed by atoms with E-state index in [1.807, 2.05) is 36.6 Å². The van der Waals surface area contributed by atoms with E-state index >= 15 is 0 Å². The van der Waals surface area contributed by atoms with Crippen LogP contribution in [0.25, 0.3) is 0 Å². The number of hydrogen-bond donors (Lipinski definition) is 0. The smallest absolute Gasteiger partial charge is 0.140 e. The Labute approximate surface area is 109 Å². The van der Waals surface area contributed by atoms with E-state index in [1.165, 1.54) is 18.2 Å². The molecule has 0 bridgehead atoms. The lowest BCUT2D eigenvalue weighted by atomic mass is 10.2. The van der Waals surface area contributed by atoms with E-state index in [9.17, 15) is 4.39 Å². The van der Waals surface area contributed by atoms with Gasteiger partial charge in [0.2, 0.25) is 0 Å². The van der Waals surface area contributed by atoms with Gasteiger partial charge in [0, 0.05) is 11.0 Å². The van der Waals surface area contributed by atoms with Crippen molar-refractivity contribution in [2.24, 2.45) is 0 Å². The molecular formula is C14H10FNOS. The highest BCUT2D eigenvalue weighted by molar-refractivity contribution is 7.98. The van der Waals surface area contributed by atoms with Gasteiger partial charge in [-0.15, -0.1) is 11.8 Å².